The maximum Gasteiger partial charge on any atom is 0.390 e. The molecule has 86 valence electrons. The van der Waals surface area contributed by atoms with Gasteiger partial charge in [0.25, 0.3) is 0 Å². The summed E-state index contributed by atoms with van der Waals surface area (Å²) in [5.74, 6) is 0. The van der Waals surface area contributed by atoms with Crippen molar-refractivity contribution in [2.75, 3.05) is 20.3 Å². The number of hydrogen-bond donors (Lipinski definition) is 1. The van der Waals surface area contributed by atoms with Gasteiger partial charge in [-0.05, 0) is 26.3 Å². The SMILES string of the molecule is COCCCCNC(C)CC(F)(F)F. The van der Waals surface area contributed by atoms with Gasteiger partial charge in [-0.25, -0.2) is 0 Å². The number of unbranched alkanes of at least 4 members (excludes halogenated alkanes) is 1. The molecule has 0 fully saturated rings. The number of methoxy groups -OCH3 is 1. The smallest absolute Gasteiger partial charge is 0.385 e. The highest BCUT2D eigenvalue weighted by molar-refractivity contribution is 4.65. The van der Waals surface area contributed by atoms with Gasteiger partial charge in [0.05, 0.1) is 6.42 Å². The third kappa shape index (κ3) is 9.80. The van der Waals surface area contributed by atoms with Crippen LogP contribution in [0.1, 0.15) is 26.2 Å². The molecule has 0 radical (unpaired) electrons. The van der Waals surface area contributed by atoms with Gasteiger partial charge in [0.2, 0.25) is 0 Å². The molecule has 0 amide bonds. The third-order valence-electron chi connectivity index (χ3n) is 1.81. The number of alkyl halides is 3. The summed E-state index contributed by atoms with van der Waals surface area (Å²) in [4.78, 5) is 0. The van der Waals surface area contributed by atoms with E-state index in [-0.39, 0.29) is 0 Å². The highest BCUT2D eigenvalue weighted by atomic mass is 19.4. The average Bonchev–Trinajstić information content (AvgIpc) is 2.00. The lowest BCUT2D eigenvalue weighted by atomic mass is 10.2. The van der Waals surface area contributed by atoms with Crippen molar-refractivity contribution in [3.63, 3.8) is 0 Å². The van der Waals surface area contributed by atoms with Crippen molar-refractivity contribution in [2.24, 2.45) is 0 Å². The molecule has 0 aromatic rings. The fourth-order valence-electron chi connectivity index (χ4n) is 1.14. The molecular formula is C9H18F3NO. The molecule has 1 N–H and O–H groups in total. The van der Waals surface area contributed by atoms with Gasteiger partial charge in [-0.1, -0.05) is 0 Å². The molecule has 0 bridgehead atoms. The van der Waals surface area contributed by atoms with Crippen LogP contribution < -0.4 is 5.32 Å². The predicted molar refractivity (Wildman–Crippen MR) is 49.2 cm³/mol. The predicted octanol–water partition coefficient (Wildman–Crippen LogP) is 2.34. The van der Waals surface area contributed by atoms with Crippen molar-refractivity contribution in [2.45, 2.75) is 38.4 Å². The molecule has 0 saturated heterocycles. The van der Waals surface area contributed by atoms with Crippen LogP contribution in [0, 0.1) is 0 Å². The number of halogens is 3. The Morgan fingerprint density at radius 1 is 1.29 bits per heavy atom. The molecule has 14 heavy (non-hydrogen) atoms. The minimum Gasteiger partial charge on any atom is -0.385 e. The third-order valence-corrected chi connectivity index (χ3v) is 1.81. The monoisotopic (exact) mass is 213 g/mol. The van der Waals surface area contributed by atoms with Crippen LogP contribution in [0.3, 0.4) is 0 Å². The van der Waals surface area contributed by atoms with E-state index in [9.17, 15) is 13.2 Å². The van der Waals surface area contributed by atoms with Crippen LogP contribution >= 0.6 is 0 Å². The quantitative estimate of drug-likeness (QED) is 0.655. The van der Waals surface area contributed by atoms with Crippen molar-refractivity contribution in [1.82, 2.24) is 5.32 Å². The van der Waals surface area contributed by atoms with Gasteiger partial charge in [0, 0.05) is 19.8 Å². The van der Waals surface area contributed by atoms with Gasteiger partial charge < -0.3 is 10.1 Å². The zero-order valence-electron chi connectivity index (χ0n) is 8.66. The summed E-state index contributed by atoms with van der Waals surface area (Å²) in [5, 5.41) is 2.82. The van der Waals surface area contributed by atoms with Gasteiger partial charge in [-0.2, -0.15) is 13.2 Å². The molecule has 0 aromatic heterocycles. The van der Waals surface area contributed by atoms with Crippen molar-refractivity contribution in [3.05, 3.63) is 0 Å². The van der Waals surface area contributed by atoms with E-state index in [1.54, 1.807) is 14.0 Å². The molecule has 0 saturated carbocycles. The highest BCUT2D eigenvalue weighted by Gasteiger charge is 2.29. The lowest BCUT2D eigenvalue weighted by Gasteiger charge is -2.15. The first kappa shape index (κ1) is 13.7. The van der Waals surface area contributed by atoms with Gasteiger partial charge in [0.15, 0.2) is 0 Å². The zero-order chi connectivity index (χ0) is 11.0. The largest absolute Gasteiger partial charge is 0.390 e. The first-order valence-electron chi connectivity index (χ1n) is 4.75. The highest BCUT2D eigenvalue weighted by Crippen LogP contribution is 2.21. The maximum atomic E-state index is 11.9. The summed E-state index contributed by atoms with van der Waals surface area (Å²) in [7, 11) is 1.61. The Morgan fingerprint density at radius 3 is 2.43 bits per heavy atom. The van der Waals surface area contributed by atoms with Gasteiger partial charge >= 0.3 is 6.18 Å². The Hall–Kier alpha value is -0.290. The lowest BCUT2D eigenvalue weighted by molar-refractivity contribution is -0.139. The number of ether oxygens (including phenoxy) is 1. The van der Waals surface area contributed by atoms with Crippen molar-refractivity contribution in [3.8, 4) is 0 Å². The maximum absolute atomic E-state index is 11.9. The topological polar surface area (TPSA) is 21.3 Å². The second-order valence-corrected chi connectivity index (χ2v) is 3.37. The lowest BCUT2D eigenvalue weighted by Crippen LogP contribution is -2.31. The average molecular weight is 213 g/mol. The fourth-order valence-corrected chi connectivity index (χ4v) is 1.14. The second kappa shape index (κ2) is 7.06. The minimum atomic E-state index is -4.07. The van der Waals surface area contributed by atoms with Crippen LogP contribution in [0.2, 0.25) is 0 Å². The van der Waals surface area contributed by atoms with Crippen LogP contribution in [-0.2, 0) is 4.74 Å². The first-order valence-corrected chi connectivity index (χ1v) is 4.75. The Kier molecular flexibility index (Phi) is 6.92. The molecular weight excluding hydrogens is 195 g/mol. The number of hydrogen-bond acceptors (Lipinski definition) is 2. The standard InChI is InChI=1S/C9H18F3NO/c1-8(7-9(10,11)12)13-5-3-4-6-14-2/h8,13H,3-7H2,1-2H3. The minimum absolute atomic E-state index is 0.502. The fraction of sp³-hybridized carbons (Fsp3) is 1.00. The van der Waals surface area contributed by atoms with Crippen LogP contribution in [0.25, 0.3) is 0 Å². The summed E-state index contributed by atoms with van der Waals surface area (Å²) in [6, 6.07) is -0.502. The Balaban J connectivity index is 3.31. The molecule has 0 aliphatic rings. The van der Waals surface area contributed by atoms with Gasteiger partial charge in [-0.3, -0.25) is 0 Å². The van der Waals surface area contributed by atoms with Crippen LogP contribution in [-0.4, -0.2) is 32.5 Å². The molecule has 0 rings (SSSR count). The van der Waals surface area contributed by atoms with Gasteiger partial charge in [-0.15, -0.1) is 0 Å². The number of nitrogens with one attached hydrogen (secondary N) is 1. The first-order chi connectivity index (χ1) is 6.45. The van der Waals surface area contributed by atoms with Gasteiger partial charge in [0.1, 0.15) is 0 Å². The summed E-state index contributed by atoms with van der Waals surface area (Å²) in [6.07, 6.45) is -3.12. The van der Waals surface area contributed by atoms with E-state index in [4.69, 9.17) is 4.74 Å². The van der Waals surface area contributed by atoms with E-state index in [0.29, 0.717) is 13.2 Å². The van der Waals surface area contributed by atoms with E-state index in [1.165, 1.54) is 0 Å². The van der Waals surface area contributed by atoms with E-state index < -0.39 is 18.6 Å². The molecule has 1 atom stereocenters. The Bertz CT molecular complexity index is 139. The summed E-state index contributed by atoms with van der Waals surface area (Å²) >= 11 is 0. The van der Waals surface area contributed by atoms with Crippen LogP contribution in [0.15, 0.2) is 0 Å². The molecule has 2 nitrogen and oxygen atoms in total. The normalized spacial score (nSPS) is 14.4. The molecule has 0 heterocycles. The summed E-state index contributed by atoms with van der Waals surface area (Å²) in [5.41, 5.74) is 0. The van der Waals surface area contributed by atoms with Crippen molar-refractivity contribution in [1.29, 1.82) is 0 Å². The van der Waals surface area contributed by atoms with E-state index in [1.807, 2.05) is 0 Å². The molecule has 0 aromatic carbocycles. The van der Waals surface area contributed by atoms with Crippen molar-refractivity contribution >= 4 is 0 Å². The molecule has 5 heteroatoms. The summed E-state index contributed by atoms with van der Waals surface area (Å²) in [6.45, 7) is 2.82. The van der Waals surface area contributed by atoms with Crippen molar-refractivity contribution < 1.29 is 17.9 Å². The summed E-state index contributed by atoms with van der Waals surface area (Å²) < 4.78 is 40.4. The van der Waals surface area contributed by atoms with E-state index >= 15 is 0 Å². The van der Waals surface area contributed by atoms with E-state index in [2.05, 4.69) is 5.32 Å². The van der Waals surface area contributed by atoms with Crippen LogP contribution in [0.5, 0.6) is 0 Å². The second-order valence-electron chi connectivity index (χ2n) is 3.37. The molecule has 0 spiro atoms. The number of rotatable bonds is 7. The molecule has 1 unspecified atom stereocenters. The zero-order valence-corrected chi connectivity index (χ0v) is 8.66. The molecule has 0 aliphatic heterocycles. The molecule has 0 aliphatic carbocycles. The Labute approximate surface area is 82.8 Å². The Morgan fingerprint density at radius 2 is 1.93 bits per heavy atom. The van der Waals surface area contributed by atoms with E-state index in [0.717, 1.165) is 12.8 Å². The van der Waals surface area contributed by atoms with Crippen LogP contribution in [0.4, 0.5) is 13.2 Å².